The number of anilines is 6. The van der Waals surface area contributed by atoms with Gasteiger partial charge in [-0.05, 0) is 151 Å². The average molecular weight is 845 g/mol. The molecule has 0 N–H and O–H groups in total. The van der Waals surface area contributed by atoms with E-state index in [2.05, 4.69) is 204 Å². The Bertz CT molecular complexity index is 3340. The van der Waals surface area contributed by atoms with Crippen LogP contribution in [0.5, 0.6) is 23.0 Å². The molecule has 4 heteroatoms. The lowest BCUT2D eigenvalue weighted by Crippen LogP contribution is -2.15. The first kappa shape index (κ1) is 37.7. The number of nitrogens with zero attached hydrogens (tertiary/aromatic N) is 2. The second-order valence-corrected chi connectivity index (χ2v) is 16.8. The number of hydrogen-bond acceptors (Lipinski definition) is 4. The molecule has 0 saturated carbocycles. The number of fused-ring (bicyclic) bond motifs is 6. The number of rotatable bonds is 6. The molecule has 2 aliphatic heterocycles. The first-order chi connectivity index (χ1) is 32.7. The summed E-state index contributed by atoms with van der Waals surface area (Å²) < 4.78 is 13.0. The average Bonchev–Trinajstić information content (AvgIpc) is 3.39. The molecular formula is C62H40N2O2. The molecule has 11 aromatic carbocycles. The van der Waals surface area contributed by atoms with E-state index in [0.29, 0.717) is 0 Å². The van der Waals surface area contributed by atoms with E-state index < -0.39 is 0 Å². The highest BCUT2D eigenvalue weighted by molar-refractivity contribution is 6.23. The highest BCUT2D eigenvalue weighted by Gasteiger charge is 2.29. The van der Waals surface area contributed by atoms with E-state index >= 15 is 0 Å². The van der Waals surface area contributed by atoms with Crippen molar-refractivity contribution in [3.63, 3.8) is 0 Å². The summed E-state index contributed by atoms with van der Waals surface area (Å²) >= 11 is 0. The van der Waals surface area contributed by atoms with Gasteiger partial charge in [0.15, 0.2) is 23.0 Å². The summed E-state index contributed by atoms with van der Waals surface area (Å²) in [5.74, 6) is 3.29. The quantitative estimate of drug-likeness (QED) is 0.156. The van der Waals surface area contributed by atoms with Crippen molar-refractivity contribution in [1.29, 1.82) is 0 Å². The standard InChI is InChI=1S/C62H40N2O2/c1-3-17-41(18-4-1)43-21-15-23-45(37-43)61-49-35-33-48(64-55-27-9-13-31-59(55)66-60-32-14-10-28-56(60)64)40-52(49)62(46-24-16-22-44(38-46)42-19-5-2-6-20-42)50-36-34-47(39-51(50)61)63-53-25-7-11-29-57(53)65-58-30-12-8-26-54(58)63/h1-40H. The molecule has 66 heavy (non-hydrogen) atoms. The van der Waals surface area contributed by atoms with Gasteiger partial charge in [0.25, 0.3) is 0 Å². The minimum atomic E-state index is 0.822. The van der Waals surface area contributed by atoms with E-state index in [-0.39, 0.29) is 0 Å². The topological polar surface area (TPSA) is 24.9 Å². The maximum Gasteiger partial charge on any atom is 0.151 e. The van der Waals surface area contributed by atoms with Crippen molar-refractivity contribution in [2.45, 2.75) is 0 Å². The van der Waals surface area contributed by atoms with E-state index in [1.807, 2.05) is 48.5 Å². The van der Waals surface area contributed by atoms with Gasteiger partial charge in [0.2, 0.25) is 0 Å². The van der Waals surface area contributed by atoms with Crippen LogP contribution < -0.4 is 19.3 Å². The van der Waals surface area contributed by atoms with E-state index in [0.717, 1.165) is 89.8 Å². The molecule has 310 valence electrons. The van der Waals surface area contributed by atoms with Crippen LogP contribution in [0.15, 0.2) is 243 Å². The molecule has 0 amide bonds. The van der Waals surface area contributed by atoms with Crippen LogP contribution in [0, 0.1) is 0 Å². The summed E-state index contributed by atoms with van der Waals surface area (Å²) in [6.45, 7) is 0. The Morgan fingerprint density at radius 3 is 0.924 bits per heavy atom. The van der Waals surface area contributed by atoms with Gasteiger partial charge in [0.05, 0.1) is 22.7 Å². The molecule has 2 aliphatic rings. The Morgan fingerprint density at radius 1 is 0.227 bits per heavy atom. The van der Waals surface area contributed by atoms with E-state index in [1.54, 1.807) is 0 Å². The summed E-state index contributed by atoms with van der Waals surface area (Å²) in [7, 11) is 0. The lowest BCUT2D eigenvalue weighted by atomic mass is 9.84. The van der Waals surface area contributed by atoms with Crippen LogP contribution in [0.3, 0.4) is 0 Å². The number of benzene rings is 11. The molecule has 0 radical (unpaired) electrons. The molecule has 0 spiro atoms. The van der Waals surface area contributed by atoms with Crippen molar-refractivity contribution in [3.8, 4) is 67.5 Å². The zero-order valence-electron chi connectivity index (χ0n) is 35.8. The molecule has 0 aliphatic carbocycles. The van der Waals surface area contributed by atoms with E-state index in [9.17, 15) is 0 Å². The van der Waals surface area contributed by atoms with Crippen molar-refractivity contribution in [3.05, 3.63) is 243 Å². The number of hydrogen-bond donors (Lipinski definition) is 0. The lowest BCUT2D eigenvalue weighted by molar-refractivity contribution is 0.477. The predicted molar refractivity (Wildman–Crippen MR) is 273 cm³/mol. The molecule has 0 unspecified atom stereocenters. The Labute approximate surface area is 383 Å². The van der Waals surface area contributed by atoms with Gasteiger partial charge < -0.3 is 19.3 Å². The first-order valence-corrected chi connectivity index (χ1v) is 22.4. The van der Waals surface area contributed by atoms with Gasteiger partial charge in [-0.2, -0.15) is 0 Å². The van der Waals surface area contributed by atoms with Crippen molar-refractivity contribution in [1.82, 2.24) is 0 Å². The van der Waals surface area contributed by atoms with E-state index in [1.165, 1.54) is 33.4 Å². The Kier molecular flexibility index (Phi) is 8.81. The smallest absolute Gasteiger partial charge is 0.151 e. The second kappa shape index (κ2) is 15.4. The molecule has 2 heterocycles. The maximum atomic E-state index is 6.50. The summed E-state index contributed by atoms with van der Waals surface area (Å²) in [6.07, 6.45) is 0. The number of ether oxygens (including phenoxy) is 2. The van der Waals surface area contributed by atoms with Crippen molar-refractivity contribution in [2.24, 2.45) is 0 Å². The van der Waals surface area contributed by atoms with Crippen molar-refractivity contribution in [2.75, 3.05) is 9.80 Å². The Morgan fingerprint density at radius 2 is 0.545 bits per heavy atom. The normalized spacial score (nSPS) is 12.4. The van der Waals surface area contributed by atoms with Gasteiger partial charge >= 0.3 is 0 Å². The third-order valence-electron chi connectivity index (χ3n) is 13.0. The molecule has 0 fully saturated rings. The van der Waals surface area contributed by atoms with Gasteiger partial charge in [-0.25, -0.2) is 0 Å². The molecule has 0 saturated heterocycles. The summed E-state index contributed by atoms with van der Waals surface area (Å²) in [5, 5.41) is 4.63. The fourth-order valence-electron chi connectivity index (χ4n) is 10.0. The molecule has 4 nitrogen and oxygen atoms in total. The SMILES string of the molecule is c1ccc(-c2cccc(-c3c4ccc(N5c6ccccc6Oc6ccccc65)cc4c(-c4cccc(-c5ccccc5)c4)c4ccc(N5c6ccccc6Oc6ccccc65)cc34)c2)cc1. The maximum absolute atomic E-state index is 6.50. The molecule has 11 aromatic rings. The van der Waals surface area contributed by atoms with Crippen molar-refractivity contribution >= 4 is 55.7 Å². The first-order valence-electron chi connectivity index (χ1n) is 22.4. The molecular weight excluding hydrogens is 805 g/mol. The minimum Gasteiger partial charge on any atom is -0.453 e. The van der Waals surface area contributed by atoms with Crippen LogP contribution in [0.2, 0.25) is 0 Å². The zero-order valence-corrected chi connectivity index (χ0v) is 35.8. The predicted octanol–water partition coefficient (Wildman–Crippen LogP) is 17.8. The van der Waals surface area contributed by atoms with Crippen LogP contribution in [0.4, 0.5) is 34.1 Å². The second-order valence-electron chi connectivity index (χ2n) is 16.8. The lowest BCUT2D eigenvalue weighted by Gasteiger charge is -2.33. The Balaban J connectivity index is 1.14. The molecule has 0 aromatic heterocycles. The fourth-order valence-corrected chi connectivity index (χ4v) is 10.0. The highest BCUT2D eigenvalue weighted by Crippen LogP contribution is 2.55. The van der Waals surface area contributed by atoms with Crippen LogP contribution >= 0.6 is 0 Å². The van der Waals surface area contributed by atoms with Gasteiger partial charge in [0.1, 0.15) is 0 Å². The van der Waals surface area contributed by atoms with Crippen molar-refractivity contribution < 1.29 is 9.47 Å². The minimum absolute atomic E-state index is 0.822. The van der Waals surface area contributed by atoms with Crippen LogP contribution in [-0.4, -0.2) is 0 Å². The highest BCUT2D eigenvalue weighted by atomic mass is 16.5. The zero-order chi connectivity index (χ0) is 43.6. The van der Waals surface area contributed by atoms with E-state index in [4.69, 9.17) is 9.47 Å². The summed E-state index contributed by atoms with van der Waals surface area (Å²) in [4.78, 5) is 4.68. The monoisotopic (exact) mass is 844 g/mol. The van der Waals surface area contributed by atoms with Gasteiger partial charge in [-0.1, -0.05) is 158 Å². The largest absolute Gasteiger partial charge is 0.453 e. The Hall–Kier alpha value is -8.86. The van der Waals surface area contributed by atoms with Crippen LogP contribution in [-0.2, 0) is 0 Å². The molecule has 0 bridgehead atoms. The van der Waals surface area contributed by atoms with Crippen LogP contribution in [0.25, 0.3) is 66.1 Å². The molecule has 13 rings (SSSR count). The third kappa shape index (κ3) is 6.22. The van der Waals surface area contributed by atoms with Gasteiger partial charge in [-0.3, -0.25) is 0 Å². The third-order valence-corrected chi connectivity index (χ3v) is 13.0. The number of para-hydroxylation sites is 8. The van der Waals surface area contributed by atoms with Gasteiger partial charge in [-0.15, -0.1) is 0 Å². The van der Waals surface area contributed by atoms with Gasteiger partial charge in [0, 0.05) is 11.4 Å². The molecule has 0 atom stereocenters. The summed E-state index contributed by atoms with van der Waals surface area (Å²) in [5.41, 5.74) is 15.4. The summed E-state index contributed by atoms with van der Waals surface area (Å²) in [6, 6.07) is 86.7. The van der Waals surface area contributed by atoms with Crippen LogP contribution in [0.1, 0.15) is 0 Å². The fraction of sp³-hybridized carbons (Fsp3) is 0.